The van der Waals surface area contributed by atoms with E-state index >= 15 is 0 Å². The second kappa shape index (κ2) is 7.96. The molecule has 5 heteroatoms. The first-order valence-electron chi connectivity index (χ1n) is 4.75. The van der Waals surface area contributed by atoms with Gasteiger partial charge in [-0.3, -0.25) is 0 Å². The maximum atomic E-state index is 5.08. The highest BCUT2D eigenvalue weighted by molar-refractivity contribution is 7.80. The van der Waals surface area contributed by atoms with E-state index in [0.717, 1.165) is 13.1 Å². The highest BCUT2D eigenvalue weighted by atomic mass is 32.1. The van der Waals surface area contributed by atoms with Crippen LogP contribution >= 0.6 is 12.2 Å². The number of nitrogens with zero attached hydrogens (tertiary/aromatic N) is 1. The first-order chi connectivity index (χ1) is 6.57. The summed E-state index contributed by atoms with van der Waals surface area (Å²) in [4.78, 5) is 2.14. The molecule has 2 N–H and O–H groups in total. The van der Waals surface area contributed by atoms with Gasteiger partial charge in [0.2, 0.25) is 0 Å². The second-order valence-corrected chi connectivity index (χ2v) is 3.85. The molecular formula is C9H21N3OS. The Balaban J connectivity index is 3.44. The van der Waals surface area contributed by atoms with Gasteiger partial charge in [-0.15, -0.1) is 0 Å². The zero-order chi connectivity index (χ0) is 11.0. The predicted molar refractivity (Wildman–Crippen MR) is 63.6 cm³/mol. The number of hydrogen-bond donors (Lipinski definition) is 2. The molecule has 0 saturated heterocycles. The fraction of sp³-hybridized carbons (Fsp3) is 0.889. The molecule has 0 bridgehead atoms. The monoisotopic (exact) mass is 219 g/mol. The summed E-state index contributed by atoms with van der Waals surface area (Å²) in [6.07, 6.45) is 0. The third-order valence-electron chi connectivity index (χ3n) is 2.03. The Labute approximate surface area is 92.0 Å². The summed E-state index contributed by atoms with van der Waals surface area (Å²) in [6, 6.07) is 0.470. The van der Waals surface area contributed by atoms with Gasteiger partial charge in [0.1, 0.15) is 0 Å². The summed E-state index contributed by atoms with van der Waals surface area (Å²) in [6.45, 7) is 4.42. The molecule has 4 nitrogen and oxygen atoms in total. The molecule has 0 aliphatic heterocycles. The number of ether oxygens (including phenoxy) is 1. The van der Waals surface area contributed by atoms with Crippen LogP contribution in [0.1, 0.15) is 6.92 Å². The van der Waals surface area contributed by atoms with Crippen molar-refractivity contribution in [3.8, 4) is 0 Å². The Morgan fingerprint density at radius 3 is 2.57 bits per heavy atom. The molecule has 0 aromatic carbocycles. The fourth-order valence-electron chi connectivity index (χ4n) is 0.752. The number of rotatable bonds is 6. The van der Waals surface area contributed by atoms with Crippen LogP contribution in [0.25, 0.3) is 0 Å². The average molecular weight is 219 g/mol. The molecule has 0 fully saturated rings. The van der Waals surface area contributed by atoms with Crippen molar-refractivity contribution in [1.82, 2.24) is 15.5 Å². The molecule has 0 radical (unpaired) electrons. The number of thiocarbonyl (C=S) groups is 1. The molecule has 0 amide bonds. The molecule has 0 aliphatic carbocycles. The van der Waals surface area contributed by atoms with E-state index in [-0.39, 0.29) is 0 Å². The van der Waals surface area contributed by atoms with Crippen LogP contribution in [0.4, 0.5) is 0 Å². The molecule has 0 aromatic rings. The standard InChI is InChI=1S/C9H21N3OS/c1-8(12(2)3)7-11-9(14)10-5-6-13-4/h8H,5-7H2,1-4H3,(H2,10,11,14). The van der Waals surface area contributed by atoms with Crippen molar-refractivity contribution in [2.24, 2.45) is 0 Å². The van der Waals surface area contributed by atoms with E-state index in [2.05, 4.69) is 22.5 Å². The lowest BCUT2D eigenvalue weighted by molar-refractivity contribution is 0.204. The van der Waals surface area contributed by atoms with Crippen LogP contribution in [0.15, 0.2) is 0 Å². The molecule has 84 valence electrons. The van der Waals surface area contributed by atoms with Crippen LogP contribution in [0.5, 0.6) is 0 Å². The van der Waals surface area contributed by atoms with Crippen molar-refractivity contribution < 1.29 is 4.74 Å². The Kier molecular flexibility index (Phi) is 7.74. The fourth-order valence-corrected chi connectivity index (χ4v) is 0.937. The van der Waals surface area contributed by atoms with Gasteiger partial charge in [0.25, 0.3) is 0 Å². The van der Waals surface area contributed by atoms with Gasteiger partial charge in [-0.1, -0.05) is 0 Å². The molecule has 1 unspecified atom stereocenters. The Morgan fingerprint density at radius 1 is 1.43 bits per heavy atom. The van der Waals surface area contributed by atoms with E-state index in [4.69, 9.17) is 17.0 Å². The van der Waals surface area contributed by atoms with Crippen molar-refractivity contribution in [2.75, 3.05) is 40.9 Å². The summed E-state index contributed by atoms with van der Waals surface area (Å²) in [7, 11) is 5.77. The summed E-state index contributed by atoms with van der Waals surface area (Å²) < 4.78 is 4.90. The predicted octanol–water partition coefficient (Wildman–Crippen LogP) is 0.0470. The minimum absolute atomic E-state index is 0.470. The Morgan fingerprint density at radius 2 is 2.07 bits per heavy atom. The molecule has 1 atom stereocenters. The molecule has 0 heterocycles. The zero-order valence-electron chi connectivity index (χ0n) is 9.46. The van der Waals surface area contributed by atoms with Gasteiger partial charge < -0.3 is 20.3 Å². The molecule has 0 saturated carbocycles. The van der Waals surface area contributed by atoms with Crippen LogP contribution in [0, 0.1) is 0 Å². The van der Waals surface area contributed by atoms with Crippen molar-refractivity contribution >= 4 is 17.3 Å². The Hall–Kier alpha value is -0.390. The highest BCUT2D eigenvalue weighted by Gasteiger charge is 2.03. The van der Waals surface area contributed by atoms with E-state index in [1.165, 1.54) is 0 Å². The normalized spacial score (nSPS) is 12.6. The smallest absolute Gasteiger partial charge is 0.166 e. The lowest BCUT2D eigenvalue weighted by atomic mass is 10.3. The minimum atomic E-state index is 0.470. The quantitative estimate of drug-likeness (QED) is 0.487. The van der Waals surface area contributed by atoms with Gasteiger partial charge in [-0.25, -0.2) is 0 Å². The van der Waals surface area contributed by atoms with Gasteiger partial charge in [0.15, 0.2) is 5.11 Å². The lowest BCUT2D eigenvalue weighted by Crippen LogP contribution is -2.43. The molecule has 0 aliphatic rings. The zero-order valence-corrected chi connectivity index (χ0v) is 10.3. The third-order valence-corrected chi connectivity index (χ3v) is 2.32. The van der Waals surface area contributed by atoms with Gasteiger partial charge in [0.05, 0.1) is 6.61 Å². The van der Waals surface area contributed by atoms with Crippen LogP contribution in [0.3, 0.4) is 0 Å². The summed E-state index contributed by atoms with van der Waals surface area (Å²) >= 11 is 5.08. The van der Waals surface area contributed by atoms with Gasteiger partial charge >= 0.3 is 0 Å². The van der Waals surface area contributed by atoms with E-state index in [0.29, 0.717) is 17.8 Å². The van der Waals surface area contributed by atoms with E-state index in [1.807, 2.05) is 14.1 Å². The molecular weight excluding hydrogens is 198 g/mol. The highest BCUT2D eigenvalue weighted by Crippen LogP contribution is 1.87. The van der Waals surface area contributed by atoms with Crippen LogP contribution in [-0.4, -0.2) is 57.0 Å². The molecule has 0 rings (SSSR count). The maximum Gasteiger partial charge on any atom is 0.166 e. The van der Waals surface area contributed by atoms with E-state index in [1.54, 1.807) is 7.11 Å². The first-order valence-corrected chi connectivity index (χ1v) is 5.15. The maximum absolute atomic E-state index is 5.08. The number of nitrogens with one attached hydrogen (secondary N) is 2. The molecule has 0 aromatic heterocycles. The minimum Gasteiger partial charge on any atom is -0.383 e. The average Bonchev–Trinajstić information content (AvgIpc) is 2.14. The number of methoxy groups -OCH3 is 1. The number of hydrogen-bond acceptors (Lipinski definition) is 3. The van der Waals surface area contributed by atoms with Crippen molar-refractivity contribution in [3.63, 3.8) is 0 Å². The largest absolute Gasteiger partial charge is 0.383 e. The van der Waals surface area contributed by atoms with Gasteiger partial charge in [-0.2, -0.15) is 0 Å². The first kappa shape index (κ1) is 13.6. The SMILES string of the molecule is COCCNC(=S)NCC(C)N(C)C. The van der Waals surface area contributed by atoms with Crippen LogP contribution in [-0.2, 0) is 4.74 Å². The Bertz CT molecular complexity index is 164. The van der Waals surface area contributed by atoms with Crippen LogP contribution in [0.2, 0.25) is 0 Å². The number of likely N-dealkylation sites (N-methyl/N-ethyl adjacent to an activating group) is 1. The topological polar surface area (TPSA) is 36.5 Å². The lowest BCUT2D eigenvalue weighted by Gasteiger charge is -2.21. The van der Waals surface area contributed by atoms with Crippen molar-refractivity contribution in [1.29, 1.82) is 0 Å². The van der Waals surface area contributed by atoms with Gasteiger partial charge in [0, 0.05) is 26.2 Å². The second-order valence-electron chi connectivity index (χ2n) is 3.44. The van der Waals surface area contributed by atoms with Crippen molar-refractivity contribution in [3.05, 3.63) is 0 Å². The molecule has 0 spiro atoms. The molecule has 14 heavy (non-hydrogen) atoms. The summed E-state index contributed by atoms with van der Waals surface area (Å²) in [5.41, 5.74) is 0. The van der Waals surface area contributed by atoms with E-state index in [9.17, 15) is 0 Å². The van der Waals surface area contributed by atoms with Crippen LogP contribution < -0.4 is 10.6 Å². The van der Waals surface area contributed by atoms with Gasteiger partial charge in [-0.05, 0) is 33.2 Å². The summed E-state index contributed by atoms with van der Waals surface area (Å²) in [5.74, 6) is 0. The van der Waals surface area contributed by atoms with Crippen molar-refractivity contribution in [2.45, 2.75) is 13.0 Å². The summed E-state index contributed by atoms with van der Waals surface area (Å²) in [5, 5.41) is 6.89. The third kappa shape index (κ3) is 7.06. The van der Waals surface area contributed by atoms with E-state index < -0.39 is 0 Å².